The highest BCUT2D eigenvalue weighted by Gasteiger charge is 2.43. The lowest BCUT2D eigenvalue weighted by atomic mass is 10.4. The molecule has 1 aromatic rings. The van der Waals surface area contributed by atoms with E-state index in [9.17, 15) is 0 Å². The van der Waals surface area contributed by atoms with Crippen LogP contribution >= 0.6 is 11.6 Å². The lowest BCUT2D eigenvalue weighted by Gasteiger charge is -2.28. The van der Waals surface area contributed by atoms with Crippen LogP contribution in [0.3, 0.4) is 0 Å². The van der Waals surface area contributed by atoms with Crippen molar-refractivity contribution in [2.75, 3.05) is 19.8 Å². The molecule has 1 aromatic carbocycles. The summed E-state index contributed by atoms with van der Waals surface area (Å²) in [6.07, 6.45) is 0. The van der Waals surface area contributed by atoms with Crippen molar-refractivity contribution in [3.8, 4) is 0 Å². The lowest BCUT2D eigenvalue weighted by molar-refractivity contribution is 0.0858. The molecular weight excluding hydrogens is 256 g/mol. The first-order chi connectivity index (χ1) is 8.18. The molecule has 0 aliphatic carbocycles. The van der Waals surface area contributed by atoms with Gasteiger partial charge in [0.25, 0.3) is 0 Å². The van der Waals surface area contributed by atoms with E-state index in [1.807, 2.05) is 32.9 Å². The Morgan fingerprint density at radius 1 is 1.06 bits per heavy atom. The van der Waals surface area contributed by atoms with Crippen LogP contribution in [-0.4, -0.2) is 28.6 Å². The lowest BCUT2D eigenvalue weighted by Crippen LogP contribution is -2.57. The van der Waals surface area contributed by atoms with Crippen LogP contribution in [0.5, 0.6) is 0 Å². The smallest absolute Gasteiger partial charge is 0.370 e. The summed E-state index contributed by atoms with van der Waals surface area (Å²) in [5, 5.41) is 1.33. The molecule has 0 unspecified atom stereocenters. The topological polar surface area (TPSA) is 27.7 Å². The van der Waals surface area contributed by atoms with E-state index in [-0.39, 0.29) is 0 Å². The second-order valence-electron chi connectivity index (χ2n) is 3.27. The van der Waals surface area contributed by atoms with Crippen molar-refractivity contribution < 1.29 is 13.3 Å². The third-order valence-electron chi connectivity index (χ3n) is 2.09. The molecule has 0 aliphatic rings. The summed E-state index contributed by atoms with van der Waals surface area (Å²) in [6.45, 7) is 7.37. The van der Waals surface area contributed by atoms with Gasteiger partial charge in [-0.2, -0.15) is 0 Å². The summed E-state index contributed by atoms with van der Waals surface area (Å²) in [5.74, 6) is 0. The van der Waals surface area contributed by atoms with E-state index in [0.717, 1.165) is 5.19 Å². The van der Waals surface area contributed by atoms with E-state index in [1.54, 1.807) is 6.07 Å². The third kappa shape index (κ3) is 3.79. The molecule has 0 saturated heterocycles. The van der Waals surface area contributed by atoms with Gasteiger partial charge in [0.2, 0.25) is 0 Å². The molecule has 95 valence electrons. The molecule has 0 bridgehead atoms. The number of halogens is 1. The van der Waals surface area contributed by atoms with Gasteiger partial charge in [-0.15, -0.1) is 0 Å². The Morgan fingerprint density at radius 2 is 1.59 bits per heavy atom. The first-order valence-corrected chi connectivity index (χ1v) is 7.89. The Morgan fingerprint density at radius 3 is 2.00 bits per heavy atom. The number of benzene rings is 1. The van der Waals surface area contributed by atoms with Gasteiger partial charge in [-0.05, 0) is 26.8 Å². The van der Waals surface area contributed by atoms with Gasteiger partial charge in [-0.25, -0.2) is 0 Å². The standard InChI is InChI=1S/C12H18ClO3Si/c1-4-14-17(15-5-2,16-6-3)12-9-7-8-11(13)10-12/h7-9H,4-6H2,1-3H3. The maximum atomic E-state index is 5.95. The second kappa shape index (κ2) is 7.13. The van der Waals surface area contributed by atoms with Gasteiger partial charge in [0.1, 0.15) is 0 Å². The SMILES string of the molecule is CCO[Si](OCC)(OCC)c1[c]c(Cl)ccc1. The molecule has 0 N–H and O–H groups in total. The van der Waals surface area contributed by atoms with Crippen molar-refractivity contribution in [1.82, 2.24) is 0 Å². The van der Waals surface area contributed by atoms with Crippen LogP contribution in [0.25, 0.3) is 0 Å². The van der Waals surface area contributed by atoms with Gasteiger partial charge in [0.15, 0.2) is 0 Å². The fourth-order valence-electron chi connectivity index (χ4n) is 1.55. The van der Waals surface area contributed by atoms with Crippen molar-refractivity contribution in [2.24, 2.45) is 0 Å². The third-order valence-corrected chi connectivity index (χ3v) is 5.27. The Balaban J connectivity index is 3.09. The Hall–Kier alpha value is -0.393. The fraction of sp³-hybridized carbons (Fsp3) is 0.500. The molecule has 0 heterocycles. The van der Waals surface area contributed by atoms with Crippen LogP contribution in [0.1, 0.15) is 20.8 Å². The summed E-state index contributed by atoms with van der Waals surface area (Å²) in [7, 11) is -2.84. The summed E-state index contributed by atoms with van der Waals surface area (Å²) >= 11 is 5.95. The van der Waals surface area contributed by atoms with Crippen molar-refractivity contribution in [3.63, 3.8) is 0 Å². The average molecular weight is 274 g/mol. The first-order valence-electron chi connectivity index (χ1n) is 5.78. The minimum Gasteiger partial charge on any atom is -0.370 e. The number of rotatable bonds is 7. The van der Waals surface area contributed by atoms with Crippen molar-refractivity contribution in [1.29, 1.82) is 0 Å². The van der Waals surface area contributed by atoms with E-state index in [0.29, 0.717) is 24.8 Å². The van der Waals surface area contributed by atoms with Gasteiger partial charge in [-0.1, -0.05) is 23.7 Å². The van der Waals surface area contributed by atoms with E-state index in [4.69, 9.17) is 24.9 Å². The molecule has 1 radical (unpaired) electrons. The Labute approximate surface area is 109 Å². The highest BCUT2D eigenvalue weighted by molar-refractivity contribution is 6.75. The molecule has 5 heteroatoms. The molecule has 0 aromatic heterocycles. The quantitative estimate of drug-likeness (QED) is 0.714. The average Bonchev–Trinajstić information content (AvgIpc) is 2.30. The summed E-state index contributed by atoms with van der Waals surface area (Å²) in [5.41, 5.74) is 0. The van der Waals surface area contributed by atoms with E-state index in [2.05, 4.69) is 6.07 Å². The Bertz CT molecular complexity index is 329. The van der Waals surface area contributed by atoms with Crippen LogP contribution in [0.4, 0.5) is 0 Å². The molecule has 0 saturated carbocycles. The molecule has 0 atom stereocenters. The van der Waals surface area contributed by atoms with E-state index < -0.39 is 8.80 Å². The monoisotopic (exact) mass is 273 g/mol. The van der Waals surface area contributed by atoms with Crippen LogP contribution in [0, 0.1) is 6.07 Å². The molecule has 1 rings (SSSR count). The zero-order chi connectivity index (χ0) is 12.7. The zero-order valence-corrected chi connectivity index (χ0v) is 12.2. The molecule has 0 fully saturated rings. The van der Waals surface area contributed by atoms with E-state index >= 15 is 0 Å². The number of hydrogen-bond acceptors (Lipinski definition) is 3. The largest absolute Gasteiger partial charge is 0.537 e. The highest BCUT2D eigenvalue weighted by atomic mass is 35.5. The predicted octanol–water partition coefficient (Wildman–Crippen LogP) is 2.40. The highest BCUT2D eigenvalue weighted by Crippen LogP contribution is 2.13. The van der Waals surface area contributed by atoms with Gasteiger partial charge in [-0.3, -0.25) is 0 Å². The number of hydrogen-bond donors (Lipinski definition) is 0. The van der Waals surface area contributed by atoms with E-state index in [1.165, 1.54) is 0 Å². The molecule has 0 amide bonds. The normalized spacial score (nSPS) is 11.8. The molecule has 3 nitrogen and oxygen atoms in total. The van der Waals surface area contributed by atoms with Crippen molar-refractivity contribution >= 4 is 25.6 Å². The van der Waals surface area contributed by atoms with Gasteiger partial charge >= 0.3 is 8.80 Å². The van der Waals surface area contributed by atoms with Crippen LogP contribution in [0.15, 0.2) is 18.2 Å². The Kier molecular flexibility index (Phi) is 6.15. The van der Waals surface area contributed by atoms with Crippen LogP contribution in [0.2, 0.25) is 5.02 Å². The predicted molar refractivity (Wildman–Crippen MR) is 70.6 cm³/mol. The molecule has 0 aliphatic heterocycles. The minimum atomic E-state index is -2.84. The minimum absolute atomic E-state index is 0.534. The van der Waals surface area contributed by atoms with Crippen LogP contribution in [-0.2, 0) is 13.3 Å². The van der Waals surface area contributed by atoms with Crippen molar-refractivity contribution in [2.45, 2.75) is 20.8 Å². The molecule has 17 heavy (non-hydrogen) atoms. The van der Waals surface area contributed by atoms with Gasteiger partial charge < -0.3 is 13.3 Å². The molecular formula is C12H18ClO3Si. The van der Waals surface area contributed by atoms with Gasteiger partial charge in [0.05, 0.1) is 0 Å². The maximum absolute atomic E-state index is 5.95. The molecule has 0 spiro atoms. The summed E-state index contributed by atoms with van der Waals surface area (Å²) in [4.78, 5) is 0. The summed E-state index contributed by atoms with van der Waals surface area (Å²) < 4.78 is 17.3. The zero-order valence-electron chi connectivity index (χ0n) is 10.5. The van der Waals surface area contributed by atoms with Crippen LogP contribution < -0.4 is 5.19 Å². The second-order valence-corrected chi connectivity index (χ2v) is 6.19. The summed E-state index contributed by atoms with van der Waals surface area (Å²) in [6, 6.07) is 8.57. The van der Waals surface area contributed by atoms with Gasteiger partial charge in [0, 0.05) is 36.1 Å². The fourth-order valence-corrected chi connectivity index (χ4v) is 4.25. The van der Waals surface area contributed by atoms with Crippen molar-refractivity contribution in [3.05, 3.63) is 29.3 Å². The first kappa shape index (κ1) is 14.7. The maximum Gasteiger partial charge on any atom is 0.537 e.